The Morgan fingerprint density at radius 1 is 1.00 bits per heavy atom. The summed E-state index contributed by atoms with van der Waals surface area (Å²) in [6.07, 6.45) is 3.10. The first kappa shape index (κ1) is 23.2. The summed E-state index contributed by atoms with van der Waals surface area (Å²) in [5.74, 6) is 0.391. The first-order valence-corrected chi connectivity index (χ1v) is 11.5. The lowest BCUT2D eigenvalue weighted by molar-refractivity contribution is -0.111. The fraction of sp³-hybridized carbons (Fsp3) is 0.160. The third-order valence-corrected chi connectivity index (χ3v) is 6.61. The van der Waals surface area contributed by atoms with Crippen LogP contribution in [-0.2, 0) is 21.4 Å². The summed E-state index contributed by atoms with van der Waals surface area (Å²) >= 11 is 0. The number of aryl methyl sites for hydroxylation is 1. The monoisotopic (exact) mass is 450 g/mol. The number of carbonyl (C=O) groups excluding carboxylic acids is 1. The van der Waals surface area contributed by atoms with E-state index in [0.29, 0.717) is 12.3 Å². The Morgan fingerprint density at radius 2 is 1.69 bits per heavy atom. The van der Waals surface area contributed by atoms with Crippen molar-refractivity contribution >= 4 is 27.7 Å². The van der Waals surface area contributed by atoms with E-state index in [0.717, 1.165) is 26.7 Å². The highest BCUT2D eigenvalue weighted by atomic mass is 32.2. The molecule has 0 aromatic heterocycles. The largest absolute Gasteiger partial charge is 0.489 e. The Morgan fingerprint density at radius 3 is 2.34 bits per heavy atom. The van der Waals surface area contributed by atoms with Crippen molar-refractivity contribution in [1.29, 1.82) is 0 Å². The zero-order chi connectivity index (χ0) is 23.1. The highest BCUT2D eigenvalue weighted by Gasteiger charge is 2.18. The lowest BCUT2D eigenvalue weighted by Gasteiger charge is -2.14. The molecule has 0 aliphatic carbocycles. The molecule has 7 heteroatoms. The van der Waals surface area contributed by atoms with Crippen LogP contribution in [0.15, 0.2) is 83.8 Å². The van der Waals surface area contributed by atoms with Gasteiger partial charge >= 0.3 is 0 Å². The van der Waals surface area contributed by atoms with Gasteiger partial charge in [0.05, 0.1) is 4.90 Å². The van der Waals surface area contributed by atoms with E-state index in [2.05, 4.69) is 5.32 Å². The Balaban J connectivity index is 1.62. The maximum absolute atomic E-state index is 12.4. The van der Waals surface area contributed by atoms with E-state index in [9.17, 15) is 13.2 Å². The van der Waals surface area contributed by atoms with Gasteiger partial charge in [-0.3, -0.25) is 4.79 Å². The standard InChI is InChI=1S/C25H26N2O4S/c1-19-9-15-23(32(29,30)27(2)3)17-24(19)26-25(28)16-12-20-10-13-22(14-11-20)31-18-21-7-5-4-6-8-21/h4-17H,18H2,1-3H3,(H,26,28)/b16-12+. The van der Waals surface area contributed by atoms with Crippen molar-refractivity contribution in [2.24, 2.45) is 0 Å². The molecular weight excluding hydrogens is 424 g/mol. The Labute approximate surface area is 189 Å². The number of hydrogen-bond donors (Lipinski definition) is 1. The van der Waals surface area contributed by atoms with Gasteiger partial charge in [0.15, 0.2) is 0 Å². The number of rotatable bonds is 8. The first-order valence-electron chi connectivity index (χ1n) is 10.0. The normalized spacial score (nSPS) is 11.6. The van der Waals surface area contributed by atoms with Crippen LogP contribution in [0.3, 0.4) is 0 Å². The molecular formula is C25H26N2O4S. The van der Waals surface area contributed by atoms with Crippen molar-refractivity contribution in [2.75, 3.05) is 19.4 Å². The second-order valence-electron chi connectivity index (χ2n) is 7.43. The number of nitrogens with one attached hydrogen (secondary N) is 1. The van der Waals surface area contributed by atoms with Crippen molar-refractivity contribution in [2.45, 2.75) is 18.4 Å². The summed E-state index contributed by atoms with van der Waals surface area (Å²) in [6, 6.07) is 22.0. The zero-order valence-electron chi connectivity index (χ0n) is 18.3. The van der Waals surface area contributed by atoms with Crippen molar-refractivity contribution < 1.29 is 17.9 Å². The highest BCUT2D eigenvalue weighted by Crippen LogP contribution is 2.22. The van der Waals surface area contributed by atoms with Gasteiger partial charge in [0.1, 0.15) is 12.4 Å². The van der Waals surface area contributed by atoms with Crippen LogP contribution in [0, 0.1) is 6.92 Å². The third-order valence-electron chi connectivity index (χ3n) is 4.80. The predicted molar refractivity (Wildman–Crippen MR) is 127 cm³/mol. The van der Waals surface area contributed by atoms with Crippen LogP contribution in [-0.4, -0.2) is 32.7 Å². The fourth-order valence-corrected chi connectivity index (χ4v) is 3.80. The Hall–Kier alpha value is -3.42. The molecule has 0 spiro atoms. The van der Waals surface area contributed by atoms with E-state index in [4.69, 9.17) is 4.74 Å². The van der Waals surface area contributed by atoms with Gasteiger partial charge in [-0.05, 0) is 54.0 Å². The van der Waals surface area contributed by atoms with Crippen LogP contribution in [0.25, 0.3) is 6.08 Å². The predicted octanol–water partition coefficient (Wildman–Crippen LogP) is 4.48. The number of nitrogens with zero attached hydrogens (tertiary/aromatic N) is 1. The van der Waals surface area contributed by atoms with E-state index in [1.54, 1.807) is 19.1 Å². The SMILES string of the molecule is Cc1ccc(S(=O)(=O)N(C)C)cc1NC(=O)/C=C/c1ccc(OCc2ccccc2)cc1. The Kier molecular flexibility index (Phi) is 7.45. The van der Waals surface area contributed by atoms with Crippen molar-refractivity contribution in [1.82, 2.24) is 4.31 Å². The van der Waals surface area contributed by atoms with Gasteiger partial charge in [0.2, 0.25) is 15.9 Å². The quantitative estimate of drug-likeness (QED) is 0.514. The lowest BCUT2D eigenvalue weighted by Crippen LogP contribution is -2.22. The second kappa shape index (κ2) is 10.3. The van der Waals surface area contributed by atoms with Crippen molar-refractivity contribution in [3.05, 3.63) is 95.6 Å². The van der Waals surface area contributed by atoms with E-state index in [1.807, 2.05) is 54.6 Å². The maximum Gasteiger partial charge on any atom is 0.248 e. The topological polar surface area (TPSA) is 75.7 Å². The molecule has 3 aromatic carbocycles. The zero-order valence-corrected chi connectivity index (χ0v) is 19.1. The number of hydrogen-bond acceptors (Lipinski definition) is 4. The fourth-order valence-electron chi connectivity index (χ4n) is 2.87. The maximum atomic E-state index is 12.4. The van der Waals surface area contributed by atoms with Gasteiger partial charge in [-0.2, -0.15) is 0 Å². The molecule has 0 unspecified atom stereocenters. The molecule has 0 saturated heterocycles. The highest BCUT2D eigenvalue weighted by molar-refractivity contribution is 7.89. The van der Waals surface area contributed by atoms with E-state index in [1.165, 1.54) is 32.3 Å². The lowest BCUT2D eigenvalue weighted by atomic mass is 10.2. The van der Waals surface area contributed by atoms with Crippen LogP contribution < -0.4 is 10.1 Å². The number of amides is 1. The molecule has 166 valence electrons. The van der Waals surface area contributed by atoms with Gasteiger partial charge in [-0.15, -0.1) is 0 Å². The minimum Gasteiger partial charge on any atom is -0.489 e. The second-order valence-corrected chi connectivity index (χ2v) is 9.58. The van der Waals surface area contributed by atoms with E-state index < -0.39 is 10.0 Å². The molecule has 6 nitrogen and oxygen atoms in total. The summed E-state index contributed by atoms with van der Waals surface area (Å²) < 4.78 is 31.6. The van der Waals surface area contributed by atoms with Gasteiger partial charge in [-0.25, -0.2) is 12.7 Å². The van der Waals surface area contributed by atoms with Crippen LogP contribution in [0.4, 0.5) is 5.69 Å². The first-order chi connectivity index (χ1) is 15.3. The Bertz CT molecular complexity index is 1200. The van der Waals surface area contributed by atoms with Gasteiger partial charge < -0.3 is 10.1 Å². The smallest absolute Gasteiger partial charge is 0.248 e. The molecule has 0 atom stereocenters. The number of benzene rings is 3. The summed E-state index contributed by atoms with van der Waals surface area (Å²) in [5.41, 5.74) is 3.15. The summed E-state index contributed by atoms with van der Waals surface area (Å²) in [5, 5.41) is 2.75. The van der Waals surface area contributed by atoms with Gasteiger partial charge in [-0.1, -0.05) is 48.5 Å². The van der Waals surface area contributed by atoms with E-state index >= 15 is 0 Å². The summed E-state index contributed by atoms with van der Waals surface area (Å²) in [4.78, 5) is 12.5. The molecule has 32 heavy (non-hydrogen) atoms. The molecule has 0 saturated carbocycles. The minimum atomic E-state index is -3.58. The van der Waals surface area contributed by atoms with Crippen LogP contribution in [0.1, 0.15) is 16.7 Å². The van der Waals surface area contributed by atoms with Crippen LogP contribution in [0.2, 0.25) is 0 Å². The van der Waals surface area contributed by atoms with Gasteiger partial charge in [0.25, 0.3) is 0 Å². The molecule has 1 N–H and O–H groups in total. The third kappa shape index (κ3) is 6.06. The molecule has 0 aliphatic heterocycles. The van der Waals surface area contributed by atoms with E-state index in [-0.39, 0.29) is 10.8 Å². The summed E-state index contributed by atoms with van der Waals surface area (Å²) in [6.45, 7) is 2.29. The number of anilines is 1. The van der Waals surface area contributed by atoms with Gasteiger partial charge in [0, 0.05) is 25.9 Å². The molecule has 3 rings (SSSR count). The molecule has 1 amide bonds. The molecule has 3 aromatic rings. The van der Waals surface area contributed by atoms with Crippen molar-refractivity contribution in [3.8, 4) is 5.75 Å². The number of ether oxygens (including phenoxy) is 1. The van der Waals surface area contributed by atoms with Crippen LogP contribution in [0.5, 0.6) is 5.75 Å². The molecule has 0 fully saturated rings. The molecule has 0 aliphatic rings. The molecule has 0 bridgehead atoms. The average molecular weight is 451 g/mol. The minimum absolute atomic E-state index is 0.124. The van der Waals surface area contributed by atoms with Crippen molar-refractivity contribution in [3.63, 3.8) is 0 Å². The summed E-state index contributed by atoms with van der Waals surface area (Å²) in [7, 11) is -0.649. The number of carbonyl (C=O) groups is 1. The molecule has 0 heterocycles. The number of sulfonamides is 1. The average Bonchev–Trinajstić information content (AvgIpc) is 2.79. The molecule has 0 radical (unpaired) electrons. The van der Waals surface area contributed by atoms with Crippen LogP contribution >= 0.6 is 0 Å².